The zero-order chi connectivity index (χ0) is 16.9. The molecule has 0 saturated heterocycles. The maximum Gasteiger partial charge on any atom is 0.231 e. The van der Waals surface area contributed by atoms with Gasteiger partial charge in [0.25, 0.3) is 0 Å². The van der Waals surface area contributed by atoms with E-state index in [2.05, 4.69) is 41.6 Å². The Labute approximate surface area is 171 Å². The molecule has 1 aromatic heterocycles. The standard InChI is InChI=1S/C15H19BrN6O2.HI/c1-3-17-15(19-7-13-20-8-21-22(13)2)18-6-10-4-11(16)14-12(5-10)23-9-24-14;/h4-5,8H,3,6-7,9H2,1-2H3,(H2,17,18,19);1H. The van der Waals surface area contributed by atoms with Gasteiger partial charge in [0.05, 0.1) is 17.6 Å². The number of fused-ring (bicyclic) bond motifs is 1. The van der Waals surface area contributed by atoms with Gasteiger partial charge in [0, 0.05) is 13.6 Å². The number of ether oxygens (including phenoxy) is 2. The molecule has 2 aromatic rings. The van der Waals surface area contributed by atoms with Gasteiger partial charge in [-0.05, 0) is 40.5 Å². The molecule has 0 radical (unpaired) electrons. The van der Waals surface area contributed by atoms with Gasteiger partial charge >= 0.3 is 0 Å². The molecule has 0 bridgehead atoms. The number of benzene rings is 1. The van der Waals surface area contributed by atoms with Crippen molar-refractivity contribution in [3.05, 3.63) is 34.3 Å². The van der Waals surface area contributed by atoms with E-state index in [0.29, 0.717) is 19.0 Å². The van der Waals surface area contributed by atoms with Gasteiger partial charge in [0.2, 0.25) is 6.79 Å². The molecule has 3 rings (SSSR count). The van der Waals surface area contributed by atoms with E-state index in [1.807, 2.05) is 26.1 Å². The van der Waals surface area contributed by atoms with Crippen LogP contribution in [-0.2, 0) is 20.1 Å². The molecule has 25 heavy (non-hydrogen) atoms. The Morgan fingerprint density at radius 1 is 1.36 bits per heavy atom. The second-order valence-electron chi connectivity index (χ2n) is 5.16. The number of hydrogen-bond acceptors (Lipinski definition) is 5. The van der Waals surface area contributed by atoms with E-state index < -0.39 is 0 Å². The smallest absolute Gasteiger partial charge is 0.231 e. The van der Waals surface area contributed by atoms with Gasteiger partial charge in [-0.15, -0.1) is 24.0 Å². The quantitative estimate of drug-likeness (QED) is 0.355. The van der Waals surface area contributed by atoms with Crippen LogP contribution >= 0.6 is 39.9 Å². The number of rotatable bonds is 5. The van der Waals surface area contributed by atoms with Crippen molar-refractivity contribution < 1.29 is 9.47 Å². The number of nitrogens with zero attached hydrogens (tertiary/aromatic N) is 4. The Hall–Kier alpha value is -1.56. The van der Waals surface area contributed by atoms with E-state index in [1.54, 1.807) is 4.68 Å². The fraction of sp³-hybridized carbons (Fsp3) is 0.400. The third-order valence-electron chi connectivity index (χ3n) is 3.47. The highest BCUT2D eigenvalue weighted by Gasteiger charge is 2.17. The molecule has 1 aromatic carbocycles. The maximum atomic E-state index is 5.43. The van der Waals surface area contributed by atoms with Gasteiger partial charge in [0.1, 0.15) is 12.2 Å². The fourth-order valence-corrected chi connectivity index (χ4v) is 2.87. The number of guanidine groups is 1. The lowest BCUT2D eigenvalue weighted by Gasteiger charge is -2.11. The van der Waals surface area contributed by atoms with Crippen molar-refractivity contribution in [3.63, 3.8) is 0 Å². The molecule has 1 aliphatic rings. The SMILES string of the molecule is CCNC(=NCc1cc(Br)c2c(c1)OCO2)NCc1ncnn1C.I. The van der Waals surface area contributed by atoms with Crippen LogP contribution in [0.5, 0.6) is 11.5 Å². The first-order valence-corrected chi connectivity index (χ1v) is 8.39. The third kappa shape index (κ3) is 4.97. The van der Waals surface area contributed by atoms with Crippen LogP contribution in [0.2, 0.25) is 0 Å². The molecule has 2 N–H and O–H groups in total. The van der Waals surface area contributed by atoms with Crippen molar-refractivity contribution in [3.8, 4) is 11.5 Å². The lowest BCUT2D eigenvalue weighted by atomic mass is 10.2. The summed E-state index contributed by atoms with van der Waals surface area (Å²) in [5.41, 5.74) is 1.03. The average Bonchev–Trinajstić information content (AvgIpc) is 3.19. The molecular formula is C15H20BrIN6O2. The molecule has 0 aliphatic carbocycles. The summed E-state index contributed by atoms with van der Waals surface area (Å²) >= 11 is 3.50. The summed E-state index contributed by atoms with van der Waals surface area (Å²) in [4.78, 5) is 8.79. The van der Waals surface area contributed by atoms with Crippen molar-refractivity contribution in [1.82, 2.24) is 25.4 Å². The largest absolute Gasteiger partial charge is 0.454 e. The molecule has 0 saturated carbocycles. The Morgan fingerprint density at radius 3 is 2.92 bits per heavy atom. The lowest BCUT2D eigenvalue weighted by molar-refractivity contribution is 0.173. The highest BCUT2D eigenvalue weighted by atomic mass is 127. The Morgan fingerprint density at radius 2 is 2.20 bits per heavy atom. The first-order chi connectivity index (χ1) is 11.7. The highest BCUT2D eigenvalue weighted by Crippen LogP contribution is 2.40. The summed E-state index contributed by atoms with van der Waals surface area (Å²) in [6, 6.07) is 3.94. The van der Waals surface area contributed by atoms with E-state index in [-0.39, 0.29) is 30.8 Å². The summed E-state index contributed by atoms with van der Waals surface area (Å²) in [7, 11) is 1.86. The minimum Gasteiger partial charge on any atom is -0.454 e. The van der Waals surface area contributed by atoms with Crippen molar-refractivity contribution in [1.29, 1.82) is 0 Å². The van der Waals surface area contributed by atoms with Crippen molar-refractivity contribution in [2.45, 2.75) is 20.0 Å². The van der Waals surface area contributed by atoms with E-state index in [0.717, 1.165) is 33.9 Å². The summed E-state index contributed by atoms with van der Waals surface area (Å²) in [6.07, 6.45) is 1.53. The van der Waals surface area contributed by atoms with Crippen LogP contribution in [0.25, 0.3) is 0 Å². The van der Waals surface area contributed by atoms with Crippen LogP contribution in [0, 0.1) is 0 Å². The molecule has 0 amide bonds. The predicted octanol–water partition coefficient (Wildman–Crippen LogP) is 2.18. The maximum absolute atomic E-state index is 5.43. The van der Waals surface area contributed by atoms with Crippen molar-refractivity contribution in [2.24, 2.45) is 12.0 Å². The van der Waals surface area contributed by atoms with E-state index >= 15 is 0 Å². The number of aryl methyl sites for hydroxylation is 1. The summed E-state index contributed by atoms with van der Waals surface area (Å²) in [6.45, 7) is 4.12. The lowest BCUT2D eigenvalue weighted by Crippen LogP contribution is -2.37. The zero-order valence-electron chi connectivity index (χ0n) is 14.0. The molecular weight excluding hydrogens is 503 g/mol. The normalized spacial score (nSPS) is 12.7. The van der Waals surface area contributed by atoms with Crippen LogP contribution in [0.4, 0.5) is 0 Å². The van der Waals surface area contributed by atoms with E-state index in [9.17, 15) is 0 Å². The van der Waals surface area contributed by atoms with Crippen LogP contribution < -0.4 is 20.1 Å². The molecule has 1 aliphatic heterocycles. The second kappa shape index (κ2) is 9.22. The molecule has 0 atom stereocenters. The molecule has 8 nitrogen and oxygen atoms in total. The molecule has 0 spiro atoms. The Bertz CT molecular complexity index is 752. The van der Waals surface area contributed by atoms with Crippen molar-refractivity contribution >= 4 is 45.9 Å². The minimum absolute atomic E-state index is 0. The van der Waals surface area contributed by atoms with Crippen LogP contribution in [0.1, 0.15) is 18.3 Å². The zero-order valence-corrected chi connectivity index (χ0v) is 17.9. The van der Waals surface area contributed by atoms with Gasteiger partial charge in [-0.25, -0.2) is 9.98 Å². The first-order valence-electron chi connectivity index (χ1n) is 7.60. The highest BCUT2D eigenvalue weighted by molar-refractivity contribution is 14.0. The Balaban J connectivity index is 0.00000225. The number of aromatic nitrogens is 3. The van der Waals surface area contributed by atoms with E-state index in [4.69, 9.17) is 9.47 Å². The van der Waals surface area contributed by atoms with Crippen molar-refractivity contribution in [2.75, 3.05) is 13.3 Å². The first kappa shape index (κ1) is 19.8. The van der Waals surface area contributed by atoms with Crippen LogP contribution in [0.3, 0.4) is 0 Å². The molecule has 136 valence electrons. The monoisotopic (exact) mass is 522 g/mol. The number of halogens is 2. The van der Waals surface area contributed by atoms with Gasteiger partial charge in [0.15, 0.2) is 17.5 Å². The predicted molar refractivity (Wildman–Crippen MR) is 108 cm³/mol. The summed E-state index contributed by atoms with van der Waals surface area (Å²) in [5.74, 6) is 3.04. The number of hydrogen-bond donors (Lipinski definition) is 2. The number of aliphatic imine (C=N–C) groups is 1. The van der Waals surface area contributed by atoms with Gasteiger partial charge in [-0.3, -0.25) is 4.68 Å². The third-order valence-corrected chi connectivity index (χ3v) is 4.06. The molecule has 0 fully saturated rings. The van der Waals surface area contributed by atoms with Gasteiger partial charge < -0.3 is 20.1 Å². The van der Waals surface area contributed by atoms with Crippen LogP contribution in [-0.4, -0.2) is 34.1 Å². The Kier molecular flexibility index (Phi) is 7.29. The van der Waals surface area contributed by atoms with E-state index in [1.165, 1.54) is 6.33 Å². The number of nitrogens with one attached hydrogen (secondary N) is 2. The fourth-order valence-electron chi connectivity index (χ4n) is 2.27. The van der Waals surface area contributed by atoms with Crippen LogP contribution in [0.15, 0.2) is 27.9 Å². The molecule has 0 unspecified atom stereocenters. The van der Waals surface area contributed by atoms with Gasteiger partial charge in [-0.2, -0.15) is 5.10 Å². The molecule has 10 heteroatoms. The second-order valence-corrected chi connectivity index (χ2v) is 6.01. The summed E-state index contributed by atoms with van der Waals surface area (Å²) < 4.78 is 13.4. The van der Waals surface area contributed by atoms with Gasteiger partial charge in [-0.1, -0.05) is 0 Å². The summed E-state index contributed by atoms with van der Waals surface area (Å²) in [5, 5.41) is 10.5. The topological polar surface area (TPSA) is 85.6 Å². The molecule has 2 heterocycles. The minimum atomic E-state index is 0. The average molecular weight is 523 g/mol.